The summed E-state index contributed by atoms with van der Waals surface area (Å²) in [4.78, 5) is 0. The third-order valence-electron chi connectivity index (χ3n) is 18.0. The summed E-state index contributed by atoms with van der Waals surface area (Å²) < 4.78 is 0.935. The Hall–Kier alpha value is -5.76. The molecule has 2 heterocycles. The number of benzene rings is 8. The lowest BCUT2D eigenvalue weighted by atomic mass is 9.76. The normalized spacial score (nSPS) is 16.5. The van der Waals surface area contributed by atoms with Crippen LogP contribution in [0.1, 0.15) is 176 Å². The van der Waals surface area contributed by atoms with Gasteiger partial charge in [-0.05, 0) is 185 Å². The molecule has 4 aliphatic rings. The first-order valence-corrected chi connectivity index (χ1v) is 28.2. The predicted molar refractivity (Wildman–Crippen MR) is 313 cm³/mol. The van der Waals surface area contributed by atoms with Crippen LogP contribution in [-0.4, -0.2) is 4.48 Å². The maximum absolute atomic E-state index is 2.62. The van der Waals surface area contributed by atoms with Crippen molar-refractivity contribution in [2.24, 2.45) is 0 Å². The Balaban J connectivity index is 1.25. The van der Waals surface area contributed by atoms with E-state index >= 15 is 0 Å². The second-order valence-corrected chi connectivity index (χ2v) is 27.5. The molecule has 0 N–H and O–H groups in total. The van der Waals surface area contributed by atoms with Gasteiger partial charge in [-0.3, -0.25) is 0 Å². The molecule has 2 aliphatic heterocycles. The highest BCUT2D eigenvalue weighted by molar-refractivity contribution is 6.12. The van der Waals surface area contributed by atoms with Gasteiger partial charge >= 0.3 is 0 Å². The molecule has 0 saturated carbocycles. The van der Waals surface area contributed by atoms with Crippen molar-refractivity contribution >= 4 is 21.5 Å². The summed E-state index contributed by atoms with van der Waals surface area (Å²) in [6.07, 6.45) is 9.97. The van der Waals surface area contributed by atoms with Crippen LogP contribution >= 0.6 is 0 Å². The van der Waals surface area contributed by atoms with Crippen LogP contribution in [0.2, 0.25) is 0 Å². The first kappa shape index (κ1) is 48.2. The number of quaternary nitrogens is 1. The molecule has 73 heavy (non-hydrogen) atoms. The Kier molecular flexibility index (Phi) is 11.3. The van der Waals surface area contributed by atoms with Gasteiger partial charge < -0.3 is 4.48 Å². The van der Waals surface area contributed by atoms with Crippen molar-refractivity contribution in [3.8, 4) is 44.5 Å². The number of hydrogen-bond donors (Lipinski definition) is 0. The Morgan fingerprint density at radius 1 is 0.315 bits per heavy atom. The number of fused-ring (bicyclic) bond motifs is 14. The lowest BCUT2D eigenvalue weighted by Crippen LogP contribution is -2.44. The Labute approximate surface area is 438 Å². The van der Waals surface area contributed by atoms with Crippen LogP contribution in [-0.2, 0) is 73.5 Å². The fourth-order valence-corrected chi connectivity index (χ4v) is 13.9. The Morgan fingerprint density at radius 2 is 0.658 bits per heavy atom. The van der Waals surface area contributed by atoms with Gasteiger partial charge in [0.25, 0.3) is 0 Å². The van der Waals surface area contributed by atoms with Gasteiger partial charge in [0.05, 0.1) is 0 Å². The molecular formula is C72H80N+. The average molecular weight is 959 g/mol. The van der Waals surface area contributed by atoms with E-state index in [1.807, 2.05) is 0 Å². The van der Waals surface area contributed by atoms with E-state index in [-0.39, 0.29) is 21.7 Å². The lowest BCUT2D eigenvalue weighted by Gasteiger charge is -2.39. The molecule has 0 fully saturated rings. The molecule has 1 heteroatoms. The maximum Gasteiger partial charge on any atom is 0.106 e. The van der Waals surface area contributed by atoms with Crippen molar-refractivity contribution < 1.29 is 4.48 Å². The lowest BCUT2D eigenvalue weighted by molar-refractivity contribution is -0.977. The molecule has 12 rings (SSSR count). The molecule has 1 spiro atoms. The molecule has 8 aromatic rings. The predicted octanol–water partition coefficient (Wildman–Crippen LogP) is 19.2. The molecule has 0 bridgehead atoms. The maximum atomic E-state index is 2.62. The van der Waals surface area contributed by atoms with Crippen molar-refractivity contribution in [2.75, 3.05) is 0 Å². The van der Waals surface area contributed by atoms with Gasteiger partial charge in [0.1, 0.15) is 26.2 Å². The van der Waals surface area contributed by atoms with E-state index < -0.39 is 0 Å². The number of nitrogens with zero attached hydrogens (tertiary/aromatic N) is 1. The largest absolute Gasteiger partial charge is 0.309 e. The summed E-state index contributed by atoms with van der Waals surface area (Å²) in [7, 11) is 0. The highest BCUT2D eigenvalue weighted by Gasteiger charge is 2.43. The first-order chi connectivity index (χ1) is 34.6. The fourth-order valence-electron chi connectivity index (χ4n) is 13.9. The van der Waals surface area contributed by atoms with Crippen LogP contribution in [0.3, 0.4) is 0 Å². The molecule has 0 aromatic heterocycles. The van der Waals surface area contributed by atoms with E-state index in [0.29, 0.717) is 0 Å². The SMILES string of the molecule is CC(C)(C)c1cc(-c2cc3ccccc3c3c2C[N+]2(Cc4ccc5c(c4-c4c(ccc6c4CCCC6)C2)CCCC5)Cc2c(-c4cc(C(C)(C)C)cc(C(C)(C)C)c4)cc4ccccc4c2-3)cc(C(C)(C)C)c1. The quantitative estimate of drug-likeness (QED) is 0.152. The van der Waals surface area contributed by atoms with Gasteiger partial charge in [0.15, 0.2) is 0 Å². The monoisotopic (exact) mass is 959 g/mol. The summed E-state index contributed by atoms with van der Waals surface area (Å²) in [5.41, 5.74) is 29.9. The number of aryl methyl sites for hydroxylation is 2. The zero-order valence-electron chi connectivity index (χ0n) is 46.5. The molecule has 0 unspecified atom stereocenters. The van der Waals surface area contributed by atoms with Crippen LogP contribution < -0.4 is 0 Å². The van der Waals surface area contributed by atoms with Crippen LogP contribution in [0.4, 0.5) is 0 Å². The summed E-state index contributed by atoms with van der Waals surface area (Å²) in [6, 6.07) is 49.7. The van der Waals surface area contributed by atoms with E-state index in [4.69, 9.17) is 0 Å². The third kappa shape index (κ3) is 8.41. The number of hydrogen-bond acceptors (Lipinski definition) is 0. The molecule has 1 nitrogen and oxygen atoms in total. The molecule has 0 radical (unpaired) electrons. The highest BCUT2D eigenvalue weighted by atomic mass is 15.4. The van der Waals surface area contributed by atoms with E-state index in [2.05, 4.69) is 204 Å². The van der Waals surface area contributed by atoms with E-state index in [9.17, 15) is 0 Å². The Bertz CT molecular complexity index is 3240. The zero-order valence-corrected chi connectivity index (χ0v) is 46.5. The van der Waals surface area contributed by atoms with Gasteiger partial charge in [-0.25, -0.2) is 0 Å². The van der Waals surface area contributed by atoms with Crippen molar-refractivity contribution in [1.29, 1.82) is 0 Å². The van der Waals surface area contributed by atoms with Gasteiger partial charge in [-0.2, -0.15) is 0 Å². The van der Waals surface area contributed by atoms with Gasteiger partial charge in [0.2, 0.25) is 0 Å². The summed E-state index contributed by atoms with van der Waals surface area (Å²) in [5, 5.41) is 5.37. The third-order valence-corrected chi connectivity index (χ3v) is 18.0. The van der Waals surface area contributed by atoms with Crippen LogP contribution in [0.15, 0.2) is 121 Å². The minimum absolute atomic E-state index is 0.0146. The average Bonchev–Trinajstić information content (AvgIpc) is 3.59. The molecule has 8 aromatic carbocycles. The molecule has 0 amide bonds. The van der Waals surface area contributed by atoms with Crippen molar-refractivity contribution in [3.63, 3.8) is 0 Å². The van der Waals surface area contributed by atoms with Gasteiger partial charge in [-0.1, -0.05) is 192 Å². The summed E-state index contributed by atoms with van der Waals surface area (Å²) >= 11 is 0. The minimum Gasteiger partial charge on any atom is -0.309 e. The Morgan fingerprint density at radius 3 is 1.03 bits per heavy atom. The van der Waals surface area contributed by atoms with E-state index in [0.717, 1.165) is 30.7 Å². The van der Waals surface area contributed by atoms with Crippen molar-refractivity contribution in [2.45, 2.75) is 182 Å². The standard InChI is InChI=1S/C72H80N/c1-69(2,3)53-33-51(34-54(39-53)70(4,5)6)61-37-47-23-15-19-27-59(47)67-63(61)43-73(41-49-31-29-45-21-13-17-25-57(45)65(49)66-50(42-73)32-30-46-22-14-18-26-58(46)66)44-64-62(38-48-24-16-20-28-60(48)68(64)67)52-35-55(71(7,8)9)40-56(36-52)72(10,11)12/h15-16,19-20,23-24,27-40H,13-14,17-18,21-22,25-26,41-44H2,1-12H3/q+1. The van der Waals surface area contributed by atoms with E-state index in [1.54, 1.807) is 44.5 Å². The second-order valence-electron chi connectivity index (χ2n) is 27.5. The molecular weight excluding hydrogens is 879 g/mol. The fraction of sp³-hybridized carbons (Fsp3) is 0.389. The van der Waals surface area contributed by atoms with Crippen LogP contribution in [0.25, 0.3) is 66.1 Å². The van der Waals surface area contributed by atoms with Crippen LogP contribution in [0.5, 0.6) is 0 Å². The molecule has 2 aliphatic carbocycles. The van der Waals surface area contributed by atoms with Gasteiger partial charge in [0, 0.05) is 33.4 Å². The molecule has 0 atom stereocenters. The number of rotatable bonds is 2. The topological polar surface area (TPSA) is 0 Å². The highest BCUT2D eigenvalue weighted by Crippen LogP contribution is 2.54. The molecule has 0 saturated heterocycles. The summed E-state index contributed by atoms with van der Waals surface area (Å²) in [5.74, 6) is 0. The van der Waals surface area contributed by atoms with Crippen LogP contribution in [0, 0.1) is 0 Å². The molecule has 372 valence electrons. The summed E-state index contributed by atoms with van der Waals surface area (Å²) in [6.45, 7) is 32.6. The minimum atomic E-state index is -0.0146. The van der Waals surface area contributed by atoms with Gasteiger partial charge in [-0.15, -0.1) is 0 Å². The van der Waals surface area contributed by atoms with Crippen molar-refractivity contribution in [3.05, 3.63) is 188 Å². The first-order valence-electron chi connectivity index (χ1n) is 28.2. The van der Waals surface area contributed by atoms with E-state index in [1.165, 1.54) is 140 Å². The second kappa shape index (κ2) is 17.1. The zero-order chi connectivity index (χ0) is 51.0. The van der Waals surface area contributed by atoms with Crippen molar-refractivity contribution in [1.82, 2.24) is 0 Å². The smallest absolute Gasteiger partial charge is 0.106 e.